The fourth-order valence-corrected chi connectivity index (χ4v) is 3.65. The van der Waals surface area contributed by atoms with Crippen LogP contribution < -0.4 is 10.6 Å². The van der Waals surface area contributed by atoms with Gasteiger partial charge in [0.2, 0.25) is 0 Å². The normalized spacial score (nSPS) is 17.6. The first-order chi connectivity index (χ1) is 12.6. The number of guanidine groups is 1. The van der Waals surface area contributed by atoms with E-state index in [0.717, 1.165) is 6.42 Å². The SMILES string of the molecule is CN=C(NCCCCC(=O)OC)NCC1CCN(S(=O)(=O)C(F)(F)F)CC1. The summed E-state index contributed by atoms with van der Waals surface area (Å²) >= 11 is 0. The van der Waals surface area contributed by atoms with Crippen LogP contribution in [0.2, 0.25) is 0 Å². The largest absolute Gasteiger partial charge is 0.511 e. The van der Waals surface area contributed by atoms with Gasteiger partial charge in [0.15, 0.2) is 5.96 Å². The number of unbranched alkanes of at least 4 members (excludes halogenated alkanes) is 1. The van der Waals surface area contributed by atoms with Gasteiger partial charge in [0.1, 0.15) is 0 Å². The Morgan fingerprint density at radius 3 is 2.37 bits per heavy atom. The highest BCUT2D eigenvalue weighted by molar-refractivity contribution is 7.90. The van der Waals surface area contributed by atoms with Crippen LogP contribution >= 0.6 is 0 Å². The molecule has 0 unspecified atom stereocenters. The standard InChI is InChI=1S/C15H27F3N4O4S/c1-19-14(20-8-4-3-5-13(23)26-2)21-11-12-6-9-22(10-7-12)27(24,25)15(16,17)18/h12H,3-11H2,1-2H3,(H2,19,20,21). The second-order valence-corrected chi connectivity index (χ2v) is 8.14. The van der Waals surface area contributed by atoms with Crippen molar-refractivity contribution >= 4 is 22.0 Å². The van der Waals surface area contributed by atoms with Gasteiger partial charge in [-0.2, -0.15) is 17.5 Å². The number of methoxy groups -OCH3 is 1. The third-order valence-electron chi connectivity index (χ3n) is 4.32. The van der Waals surface area contributed by atoms with E-state index in [0.29, 0.717) is 49.0 Å². The molecule has 0 aliphatic carbocycles. The molecule has 12 heteroatoms. The minimum atomic E-state index is -5.25. The van der Waals surface area contributed by atoms with E-state index in [4.69, 9.17) is 0 Å². The summed E-state index contributed by atoms with van der Waals surface area (Å²) in [5.41, 5.74) is -5.25. The molecule has 1 aliphatic rings. The lowest BCUT2D eigenvalue weighted by Gasteiger charge is -2.31. The molecule has 2 N–H and O–H groups in total. The smallest absolute Gasteiger partial charge is 0.469 e. The van der Waals surface area contributed by atoms with E-state index >= 15 is 0 Å². The van der Waals surface area contributed by atoms with Crippen molar-refractivity contribution in [2.24, 2.45) is 10.9 Å². The third kappa shape index (κ3) is 7.53. The number of carbonyl (C=O) groups excluding carboxylic acids is 1. The van der Waals surface area contributed by atoms with Crippen molar-refractivity contribution in [3.8, 4) is 0 Å². The molecule has 0 bridgehead atoms. The van der Waals surface area contributed by atoms with Gasteiger partial charge in [0.05, 0.1) is 7.11 Å². The number of ether oxygens (including phenoxy) is 1. The van der Waals surface area contributed by atoms with Gasteiger partial charge in [-0.3, -0.25) is 9.79 Å². The predicted octanol–water partition coefficient (Wildman–Crippen LogP) is 1.06. The number of sulfonamides is 1. The summed E-state index contributed by atoms with van der Waals surface area (Å²) < 4.78 is 65.5. The van der Waals surface area contributed by atoms with Gasteiger partial charge < -0.3 is 15.4 Å². The van der Waals surface area contributed by atoms with Gasteiger partial charge in [0.25, 0.3) is 0 Å². The van der Waals surface area contributed by atoms with E-state index < -0.39 is 15.5 Å². The van der Waals surface area contributed by atoms with Crippen molar-refractivity contribution in [1.29, 1.82) is 0 Å². The number of alkyl halides is 3. The van der Waals surface area contributed by atoms with Crippen molar-refractivity contribution in [1.82, 2.24) is 14.9 Å². The molecule has 0 aromatic heterocycles. The number of aliphatic imine (C=N–C) groups is 1. The number of hydrogen-bond acceptors (Lipinski definition) is 5. The monoisotopic (exact) mass is 416 g/mol. The van der Waals surface area contributed by atoms with Crippen molar-refractivity contribution in [2.75, 3.05) is 40.3 Å². The average molecular weight is 416 g/mol. The molecule has 0 radical (unpaired) electrons. The van der Waals surface area contributed by atoms with Gasteiger partial charge in [-0.05, 0) is 31.6 Å². The van der Waals surface area contributed by atoms with E-state index in [1.807, 2.05) is 0 Å². The highest BCUT2D eigenvalue weighted by Gasteiger charge is 2.50. The molecule has 0 atom stereocenters. The molecular weight excluding hydrogens is 389 g/mol. The van der Waals surface area contributed by atoms with Crippen LogP contribution in [0.4, 0.5) is 13.2 Å². The molecule has 0 aromatic carbocycles. The van der Waals surface area contributed by atoms with Gasteiger partial charge >= 0.3 is 21.5 Å². The van der Waals surface area contributed by atoms with Crippen LogP contribution in [0.3, 0.4) is 0 Å². The zero-order valence-electron chi connectivity index (χ0n) is 15.5. The zero-order chi connectivity index (χ0) is 20.5. The molecule has 0 saturated carbocycles. The lowest BCUT2D eigenvalue weighted by Crippen LogP contribution is -2.47. The summed E-state index contributed by atoms with van der Waals surface area (Å²) in [6.07, 6.45) is 2.48. The molecule has 1 heterocycles. The Hall–Kier alpha value is -1.56. The Bertz CT molecular complexity index is 603. The summed E-state index contributed by atoms with van der Waals surface area (Å²) in [7, 11) is -2.30. The Labute approximate surface area is 157 Å². The maximum absolute atomic E-state index is 12.6. The number of carbonyl (C=O) groups is 1. The number of nitrogens with zero attached hydrogens (tertiary/aromatic N) is 2. The summed E-state index contributed by atoms with van der Waals surface area (Å²) in [6, 6.07) is 0. The van der Waals surface area contributed by atoms with Crippen molar-refractivity contribution in [3.63, 3.8) is 0 Å². The van der Waals surface area contributed by atoms with Gasteiger partial charge in [0, 0.05) is 39.6 Å². The maximum atomic E-state index is 12.6. The Balaban J connectivity index is 2.29. The van der Waals surface area contributed by atoms with Crippen molar-refractivity contribution in [3.05, 3.63) is 0 Å². The first-order valence-electron chi connectivity index (χ1n) is 8.69. The van der Waals surface area contributed by atoms with E-state index in [1.165, 1.54) is 7.11 Å². The summed E-state index contributed by atoms with van der Waals surface area (Å²) in [4.78, 5) is 15.1. The molecule has 0 spiro atoms. The fourth-order valence-electron chi connectivity index (χ4n) is 2.66. The van der Waals surface area contributed by atoms with E-state index in [9.17, 15) is 26.4 Å². The quantitative estimate of drug-likeness (QED) is 0.266. The molecule has 1 aliphatic heterocycles. The van der Waals surface area contributed by atoms with Crippen molar-refractivity contribution in [2.45, 2.75) is 37.6 Å². The number of esters is 1. The van der Waals surface area contributed by atoms with Crippen LogP contribution in [-0.4, -0.2) is 70.5 Å². The predicted molar refractivity (Wildman–Crippen MR) is 94.5 cm³/mol. The number of nitrogens with one attached hydrogen (secondary N) is 2. The molecule has 0 amide bonds. The second kappa shape index (κ2) is 10.7. The van der Waals surface area contributed by atoms with Gasteiger partial charge in [-0.1, -0.05) is 0 Å². The molecule has 1 saturated heterocycles. The highest BCUT2D eigenvalue weighted by Crippen LogP contribution is 2.30. The molecule has 1 fully saturated rings. The first kappa shape index (κ1) is 23.5. The fraction of sp³-hybridized carbons (Fsp3) is 0.867. The van der Waals surface area contributed by atoms with Gasteiger partial charge in [-0.25, -0.2) is 8.42 Å². The molecule has 1 rings (SSSR count). The van der Waals surface area contributed by atoms with E-state index in [2.05, 4.69) is 20.4 Å². The zero-order valence-corrected chi connectivity index (χ0v) is 16.3. The Morgan fingerprint density at radius 2 is 1.85 bits per heavy atom. The van der Waals surface area contributed by atoms with E-state index in [-0.39, 0.29) is 25.0 Å². The highest BCUT2D eigenvalue weighted by atomic mass is 32.2. The molecule has 158 valence electrons. The Morgan fingerprint density at radius 1 is 1.22 bits per heavy atom. The molecule has 27 heavy (non-hydrogen) atoms. The number of hydrogen-bond donors (Lipinski definition) is 2. The van der Waals surface area contributed by atoms with Crippen LogP contribution in [0.5, 0.6) is 0 Å². The van der Waals surface area contributed by atoms with Crippen LogP contribution in [0, 0.1) is 5.92 Å². The number of halogens is 3. The van der Waals surface area contributed by atoms with Crippen molar-refractivity contribution < 1.29 is 31.1 Å². The van der Waals surface area contributed by atoms with Crippen LogP contribution in [0.1, 0.15) is 32.1 Å². The summed E-state index contributed by atoms with van der Waals surface area (Å²) in [5, 5.41) is 6.18. The third-order valence-corrected chi connectivity index (χ3v) is 5.95. The lowest BCUT2D eigenvalue weighted by molar-refractivity contribution is -0.140. The number of piperidine rings is 1. The van der Waals surface area contributed by atoms with Crippen LogP contribution in [-0.2, 0) is 19.6 Å². The Kier molecular flexibility index (Phi) is 9.30. The summed E-state index contributed by atoms with van der Waals surface area (Å²) in [5.74, 6) is 0.359. The second-order valence-electron chi connectivity index (χ2n) is 6.21. The molecule has 8 nitrogen and oxygen atoms in total. The van der Waals surface area contributed by atoms with Crippen LogP contribution in [0.25, 0.3) is 0 Å². The van der Waals surface area contributed by atoms with E-state index in [1.54, 1.807) is 7.05 Å². The molecule has 0 aromatic rings. The maximum Gasteiger partial charge on any atom is 0.511 e. The van der Waals surface area contributed by atoms with Gasteiger partial charge in [-0.15, -0.1) is 0 Å². The lowest BCUT2D eigenvalue weighted by atomic mass is 9.98. The van der Waals surface area contributed by atoms with Crippen LogP contribution in [0.15, 0.2) is 4.99 Å². The first-order valence-corrected chi connectivity index (χ1v) is 10.1. The number of rotatable bonds is 8. The average Bonchev–Trinajstić information content (AvgIpc) is 2.63. The topological polar surface area (TPSA) is 100 Å². The molecular formula is C15H27F3N4O4S. The minimum absolute atomic E-state index is 0.0579. The summed E-state index contributed by atoms with van der Waals surface area (Å²) in [6.45, 7) is 0.808. The minimum Gasteiger partial charge on any atom is -0.469 e.